The summed E-state index contributed by atoms with van der Waals surface area (Å²) in [6, 6.07) is 9.26. The van der Waals surface area contributed by atoms with E-state index < -0.39 is 0 Å². The Morgan fingerprint density at radius 1 is 1.14 bits per heavy atom. The van der Waals surface area contributed by atoms with Gasteiger partial charge in [0.2, 0.25) is 5.91 Å². The predicted octanol–water partition coefficient (Wildman–Crippen LogP) is 4.25. The first-order chi connectivity index (χ1) is 13.8. The van der Waals surface area contributed by atoms with Crippen LogP contribution in [0.15, 0.2) is 35.4 Å². The Bertz CT molecular complexity index is 819. The van der Waals surface area contributed by atoms with Crippen LogP contribution >= 0.6 is 0 Å². The highest BCUT2D eigenvalue weighted by atomic mass is 16.2. The first-order valence-corrected chi connectivity index (χ1v) is 10.8. The van der Waals surface area contributed by atoms with E-state index in [0.29, 0.717) is 19.0 Å². The number of urea groups is 1. The van der Waals surface area contributed by atoms with Crippen LogP contribution in [0, 0.1) is 22.7 Å². The molecule has 4 rings (SSSR count). The number of nitrogens with zero attached hydrogens (tertiary/aromatic N) is 2. The second-order valence-corrected chi connectivity index (χ2v) is 9.61. The number of benzene rings is 1. The number of hydrogen-bond acceptors (Lipinski definition) is 3. The number of carbonyl (C=O) groups excluding carboxylic acids is 2. The van der Waals surface area contributed by atoms with Crippen molar-refractivity contribution < 1.29 is 9.59 Å². The SMILES string of the molecule is CC1(C)[C@H]2CC[C@@]1(C)/C(=N/NC(=O)[C@@H]1CCCN(C(=O)Nc3ccccc3)C1)C2. The Hall–Kier alpha value is -2.37. The third-order valence-electron chi connectivity index (χ3n) is 7.92. The molecule has 3 amide bonds. The van der Waals surface area contributed by atoms with Crippen LogP contribution in [0.2, 0.25) is 0 Å². The van der Waals surface area contributed by atoms with Crippen molar-refractivity contribution in [1.29, 1.82) is 0 Å². The molecule has 0 radical (unpaired) electrons. The molecule has 2 saturated carbocycles. The van der Waals surface area contributed by atoms with Crippen molar-refractivity contribution in [3.63, 3.8) is 0 Å². The summed E-state index contributed by atoms with van der Waals surface area (Å²) in [5.41, 5.74) is 5.07. The van der Waals surface area contributed by atoms with E-state index in [1.807, 2.05) is 30.3 Å². The van der Waals surface area contributed by atoms with Crippen LogP contribution < -0.4 is 10.7 Å². The molecule has 3 aliphatic rings. The van der Waals surface area contributed by atoms with Gasteiger partial charge in [0.05, 0.1) is 5.92 Å². The van der Waals surface area contributed by atoms with Gasteiger partial charge in [-0.3, -0.25) is 4.79 Å². The van der Waals surface area contributed by atoms with Crippen molar-refractivity contribution in [2.75, 3.05) is 18.4 Å². The number of likely N-dealkylation sites (tertiary alicyclic amines) is 1. The minimum absolute atomic E-state index is 0.0705. The topological polar surface area (TPSA) is 73.8 Å². The molecule has 2 bridgehead atoms. The summed E-state index contributed by atoms with van der Waals surface area (Å²) in [7, 11) is 0. The molecule has 6 nitrogen and oxygen atoms in total. The van der Waals surface area contributed by atoms with E-state index in [0.717, 1.165) is 37.1 Å². The van der Waals surface area contributed by atoms with Crippen LogP contribution in [0.25, 0.3) is 0 Å². The van der Waals surface area contributed by atoms with E-state index in [2.05, 4.69) is 36.6 Å². The van der Waals surface area contributed by atoms with E-state index in [1.165, 1.54) is 6.42 Å². The minimum Gasteiger partial charge on any atom is -0.324 e. The van der Waals surface area contributed by atoms with Gasteiger partial charge in [-0.1, -0.05) is 39.0 Å². The van der Waals surface area contributed by atoms with Crippen molar-refractivity contribution >= 4 is 23.3 Å². The van der Waals surface area contributed by atoms with Gasteiger partial charge < -0.3 is 10.2 Å². The average Bonchev–Trinajstić information content (AvgIpc) is 3.06. The maximum absolute atomic E-state index is 12.8. The number of carbonyl (C=O) groups is 2. The van der Waals surface area contributed by atoms with E-state index in [1.54, 1.807) is 4.90 Å². The summed E-state index contributed by atoms with van der Waals surface area (Å²) in [5, 5.41) is 7.49. The summed E-state index contributed by atoms with van der Waals surface area (Å²) in [5.74, 6) is 0.378. The molecule has 0 unspecified atom stereocenters. The molecule has 0 spiro atoms. The minimum atomic E-state index is -0.214. The van der Waals surface area contributed by atoms with Crippen molar-refractivity contribution in [3.05, 3.63) is 30.3 Å². The van der Waals surface area contributed by atoms with Gasteiger partial charge in [-0.05, 0) is 55.6 Å². The lowest BCUT2D eigenvalue weighted by atomic mass is 9.70. The number of hydrazone groups is 1. The van der Waals surface area contributed by atoms with Crippen molar-refractivity contribution in [3.8, 4) is 0 Å². The van der Waals surface area contributed by atoms with Crippen LogP contribution in [0.4, 0.5) is 10.5 Å². The molecule has 2 aliphatic carbocycles. The number of fused-ring (bicyclic) bond motifs is 2. The molecule has 6 heteroatoms. The highest BCUT2D eigenvalue weighted by Gasteiger charge is 2.60. The monoisotopic (exact) mass is 396 g/mol. The first-order valence-electron chi connectivity index (χ1n) is 10.8. The van der Waals surface area contributed by atoms with Crippen molar-refractivity contribution in [1.82, 2.24) is 10.3 Å². The molecule has 3 fully saturated rings. The van der Waals surface area contributed by atoms with Gasteiger partial charge >= 0.3 is 6.03 Å². The summed E-state index contributed by atoms with van der Waals surface area (Å²) >= 11 is 0. The molecule has 1 aromatic carbocycles. The second kappa shape index (κ2) is 7.47. The summed E-state index contributed by atoms with van der Waals surface area (Å²) in [6.07, 6.45) is 5.00. The fourth-order valence-corrected chi connectivity index (χ4v) is 5.41. The van der Waals surface area contributed by atoms with Crippen LogP contribution in [0.1, 0.15) is 52.9 Å². The molecule has 1 aliphatic heterocycles. The molecule has 1 heterocycles. The number of nitrogens with one attached hydrogen (secondary N) is 2. The maximum Gasteiger partial charge on any atom is 0.321 e. The van der Waals surface area contributed by atoms with Gasteiger partial charge in [0, 0.05) is 29.9 Å². The molecule has 29 heavy (non-hydrogen) atoms. The van der Waals surface area contributed by atoms with Crippen LogP contribution in [-0.2, 0) is 4.79 Å². The van der Waals surface area contributed by atoms with Crippen LogP contribution in [0.5, 0.6) is 0 Å². The van der Waals surface area contributed by atoms with E-state index in [9.17, 15) is 9.59 Å². The predicted molar refractivity (Wildman–Crippen MR) is 115 cm³/mol. The van der Waals surface area contributed by atoms with Crippen LogP contribution in [0.3, 0.4) is 0 Å². The number of amides is 3. The number of rotatable bonds is 3. The summed E-state index contributed by atoms with van der Waals surface area (Å²) in [4.78, 5) is 27.1. The van der Waals surface area contributed by atoms with Gasteiger partial charge in [0.25, 0.3) is 0 Å². The van der Waals surface area contributed by atoms with Crippen LogP contribution in [-0.4, -0.2) is 35.6 Å². The molecule has 1 saturated heterocycles. The van der Waals surface area contributed by atoms with E-state index >= 15 is 0 Å². The highest BCUT2D eigenvalue weighted by Crippen LogP contribution is 2.63. The molecule has 156 valence electrons. The first kappa shape index (κ1) is 19.9. The van der Waals surface area contributed by atoms with Crippen molar-refractivity contribution in [2.45, 2.75) is 52.9 Å². The third-order valence-corrected chi connectivity index (χ3v) is 7.92. The Labute approximate surface area is 173 Å². The maximum atomic E-state index is 12.8. The van der Waals surface area contributed by atoms with Gasteiger partial charge in [-0.25, -0.2) is 10.2 Å². The fourth-order valence-electron chi connectivity index (χ4n) is 5.41. The van der Waals surface area contributed by atoms with Gasteiger partial charge in [-0.2, -0.15) is 5.10 Å². The second-order valence-electron chi connectivity index (χ2n) is 9.61. The van der Waals surface area contributed by atoms with E-state index in [4.69, 9.17) is 0 Å². The normalized spacial score (nSPS) is 31.7. The van der Waals surface area contributed by atoms with E-state index in [-0.39, 0.29) is 28.7 Å². The largest absolute Gasteiger partial charge is 0.324 e. The van der Waals surface area contributed by atoms with Crippen molar-refractivity contribution in [2.24, 2.45) is 27.8 Å². The number of piperidine rings is 1. The zero-order valence-corrected chi connectivity index (χ0v) is 17.7. The van der Waals surface area contributed by atoms with Gasteiger partial charge in [0.1, 0.15) is 0 Å². The lowest BCUT2D eigenvalue weighted by Crippen LogP contribution is -2.46. The molecular formula is C23H32N4O2. The van der Waals surface area contributed by atoms with Gasteiger partial charge in [-0.15, -0.1) is 0 Å². The quantitative estimate of drug-likeness (QED) is 0.750. The molecular weight excluding hydrogens is 364 g/mol. The third kappa shape index (κ3) is 3.53. The smallest absolute Gasteiger partial charge is 0.321 e. The Morgan fingerprint density at radius 2 is 1.90 bits per heavy atom. The Morgan fingerprint density at radius 3 is 2.55 bits per heavy atom. The zero-order valence-electron chi connectivity index (χ0n) is 17.7. The Kier molecular flexibility index (Phi) is 5.13. The molecule has 2 N–H and O–H groups in total. The number of para-hydroxylation sites is 1. The standard InChI is InChI=1S/C23H32N4O2/c1-22(2)17-11-12-23(22,3)19(14-17)25-26-20(28)16-8-7-13-27(15-16)21(29)24-18-9-5-4-6-10-18/h4-6,9-10,16-17H,7-8,11-15H2,1-3H3,(H,24,29)(H,26,28)/b25-19+/t16-,17+,23+/m1/s1. The van der Waals surface area contributed by atoms with Gasteiger partial charge in [0.15, 0.2) is 0 Å². The fraction of sp³-hybridized carbons (Fsp3) is 0.609. The lowest BCUT2D eigenvalue weighted by molar-refractivity contribution is -0.126. The Balaban J connectivity index is 1.35. The lowest BCUT2D eigenvalue weighted by Gasteiger charge is -2.34. The summed E-state index contributed by atoms with van der Waals surface area (Å²) < 4.78 is 0. The average molecular weight is 397 g/mol. The number of hydrogen-bond donors (Lipinski definition) is 2. The highest BCUT2D eigenvalue weighted by molar-refractivity contribution is 5.95. The zero-order chi connectivity index (χ0) is 20.6. The molecule has 0 aromatic heterocycles. The summed E-state index contributed by atoms with van der Waals surface area (Å²) in [6.45, 7) is 8.06. The molecule has 3 atom stereocenters. The molecule has 1 aromatic rings. The number of anilines is 1.